The van der Waals surface area contributed by atoms with Gasteiger partial charge < -0.3 is 14.3 Å². The second-order valence-electron chi connectivity index (χ2n) is 6.26. The fourth-order valence-corrected chi connectivity index (χ4v) is 2.90. The van der Waals surface area contributed by atoms with Crippen LogP contribution in [0.4, 0.5) is 4.79 Å². The Bertz CT molecular complexity index is 687. The van der Waals surface area contributed by atoms with Crippen LogP contribution in [-0.4, -0.2) is 53.2 Å². The fourth-order valence-electron chi connectivity index (χ4n) is 2.90. The normalized spacial score (nSPS) is 15.7. The van der Waals surface area contributed by atoms with E-state index in [1.54, 1.807) is 19.0 Å². The number of aromatic nitrogens is 2. The summed E-state index contributed by atoms with van der Waals surface area (Å²) < 4.78 is 5.47. The number of aryl methyl sites for hydroxylation is 1. The molecule has 1 aliphatic rings. The molecule has 122 valence electrons. The molecule has 0 aliphatic carbocycles. The van der Waals surface area contributed by atoms with Crippen LogP contribution in [0.5, 0.6) is 0 Å². The number of amides is 2. The number of hydrogen-bond acceptors (Lipinski definition) is 4. The van der Waals surface area contributed by atoms with Crippen molar-refractivity contribution in [2.75, 3.05) is 27.2 Å². The summed E-state index contributed by atoms with van der Waals surface area (Å²) in [5, 5.41) is 4.11. The smallest absolute Gasteiger partial charge is 0.319 e. The first-order chi connectivity index (χ1) is 11.0. The van der Waals surface area contributed by atoms with Crippen molar-refractivity contribution in [3.63, 3.8) is 0 Å². The topological polar surface area (TPSA) is 62.5 Å². The van der Waals surface area contributed by atoms with Gasteiger partial charge in [0.1, 0.15) is 0 Å². The number of carbonyl (C=O) groups is 1. The van der Waals surface area contributed by atoms with E-state index in [1.165, 1.54) is 5.56 Å². The van der Waals surface area contributed by atoms with Crippen molar-refractivity contribution in [2.24, 2.45) is 0 Å². The Kier molecular flexibility index (Phi) is 4.32. The molecule has 0 radical (unpaired) electrons. The summed E-state index contributed by atoms with van der Waals surface area (Å²) in [4.78, 5) is 20.0. The standard InChI is InChI=1S/C17H22N4O2/c1-12-5-4-6-14(11-12)15-18-16(23-19-15)13-7-9-21(10-8-13)17(22)20(2)3/h4-6,11,13H,7-10H2,1-3H3. The van der Waals surface area contributed by atoms with Crippen LogP contribution in [0.25, 0.3) is 11.4 Å². The van der Waals surface area contributed by atoms with E-state index >= 15 is 0 Å². The Morgan fingerprint density at radius 3 is 2.70 bits per heavy atom. The van der Waals surface area contributed by atoms with Crippen LogP contribution in [0.2, 0.25) is 0 Å². The molecule has 0 bridgehead atoms. The third-order valence-corrected chi connectivity index (χ3v) is 4.22. The predicted octanol–water partition coefficient (Wildman–Crippen LogP) is 2.91. The lowest BCUT2D eigenvalue weighted by atomic mass is 9.97. The van der Waals surface area contributed by atoms with Crippen LogP contribution in [0, 0.1) is 6.92 Å². The molecule has 1 fully saturated rings. The van der Waals surface area contributed by atoms with E-state index in [0.29, 0.717) is 11.7 Å². The SMILES string of the molecule is Cc1cccc(-c2noc(C3CCN(C(=O)N(C)C)CC3)n2)c1. The van der Waals surface area contributed by atoms with Gasteiger partial charge in [0.25, 0.3) is 0 Å². The number of nitrogens with zero attached hydrogens (tertiary/aromatic N) is 4. The number of benzene rings is 1. The summed E-state index contributed by atoms with van der Waals surface area (Å²) in [6.07, 6.45) is 1.71. The van der Waals surface area contributed by atoms with Gasteiger partial charge in [0, 0.05) is 38.7 Å². The van der Waals surface area contributed by atoms with Crippen molar-refractivity contribution < 1.29 is 9.32 Å². The summed E-state index contributed by atoms with van der Waals surface area (Å²) in [6, 6.07) is 8.13. The van der Waals surface area contributed by atoms with Crippen LogP contribution in [0.3, 0.4) is 0 Å². The van der Waals surface area contributed by atoms with Crippen LogP contribution >= 0.6 is 0 Å². The molecule has 1 aromatic carbocycles. The highest BCUT2D eigenvalue weighted by Gasteiger charge is 2.28. The lowest BCUT2D eigenvalue weighted by Crippen LogP contribution is -2.43. The maximum Gasteiger partial charge on any atom is 0.319 e. The molecule has 6 heteroatoms. The van der Waals surface area contributed by atoms with Crippen molar-refractivity contribution in [3.8, 4) is 11.4 Å². The van der Waals surface area contributed by atoms with E-state index < -0.39 is 0 Å². The molecule has 0 spiro atoms. The molecule has 0 N–H and O–H groups in total. The molecule has 1 aromatic heterocycles. The maximum absolute atomic E-state index is 12.0. The number of piperidine rings is 1. The highest BCUT2D eigenvalue weighted by atomic mass is 16.5. The fraction of sp³-hybridized carbons (Fsp3) is 0.471. The Balaban J connectivity index is 1.67. The summed E-state index contributed by atoms with van der Waals surface area (Å²) in [5.41, 5.74) is 2.14. The zero-order chi connectivity index (χ0) is 16.4. The molecular weight excluding hydrogens is 292 g/mol. The first-order valence-electron chi connectivity index (χ1n) is 7.91. The molecule has 0 atom stereocenters. The summed E-state index contributed by atoms with van der Waals surface area (Å²) in [7, 11) is 3.56. The van der Waals surface area contributed by atoms with Gasteiger partial charge in [-0.25, -0.2) is 4.79 Å². The van der Waals surface area contributed by atoms with E-state index in [0.717, 1.165) is 31.5 Å². The van der Waals surface area contributed by atoms with Gasteiger partial charge in [-0.3, -0.25) is 0 Å². The lowest BCUT2D eigenvalue weighted by molar-refractivity contribution is 0.152. The predicted molar refractivity (Wildman–Crippen MR) is 87.1 cm³/mol. The third-order valence-electron chi connectivity index (χ3n) is 4.22. The maximum atomic E-state index is 12.0. The summed E-state index contributed by atoms with van der Waals surface area (Å²) in [6.45, 7) is 3.50. The van der Waals surface area contributed by atoms with Crippen molar-refractivity contribution in [3.05, 3.63) is 35.7 Å². The van der Waals surface area contributed by atoms with Crippen LogP contribution in [-0.2, 0) is 0 Å². The molecule has 0 unspecified atom stereocenters. The minimum atomic E-state index is 0.0643. The van der Waals surface area contributed by atoms with Crippen molar-refractivity contribution in [2.45, 2.75) is 25.7 Å². The minimum absolute atomic E-state index is 0.0643. The van der Waals surface area contributed by atoms with Crippen molar-refractivity contribution >= 4 is 6.03 Å². The van der Waals surface area contributed by atoms with E-state index in [4.69, 9.17) is 4.52 Å². The Morgan fingerprint density at radius 1 is 1.30 bits per heavy atom. The molecule has 6 nitrogen and oxygen atoms in total. The summed E-state index contributed by atoms with van der Waals surface area (Å²) >= 11 is 0. The van der Waals surface area contributed by atoms with Crippen LogP contribution < -0.4 is 0 Å². The lowest BCUT2D eigenvalue weighted by Gasteiger charge is -2.32. The van der Waals surface area contributed by atoms with Gasteiger partial charge in [-0.15, -0.1) is 0 Å². The second-order valence-corrected chi connectivity index (χ2v) is 6.26. The molecular formula is C17H22N4O2. The quantitative estimate of drug-likeness (QED) is 0.855. The molecule has 2 aromatic rings. The monoisotopic (exact) mass is 314 g/mol. The van der Waals surface area contributed by atoms with Gasteiger partial charge in [0.05, 0.1) is 0 Å². The van der Waals surface area contributed by atoms with E-state index in [9.17, 15) is 4.79 Å². The molecule has 1 saturated heterocycles. The zero-order valence-corrected chi connectivity index (χ0v) is 13.8. The van der Waals surface area contributed by atoms with Gasteiger partial charge in [-0.05, 0) is 25.8 Å². The molecule has 3 rings (SSSR count). The highest BCUT2D eigenvalue weighted by molar-refractivity contribution is 5.73. The van der Waals surface area contributed by atoms with Gasteiger partial charge in [0.2, 0.25) is 11.7 Å². The number of likely N-dealkylation sites (tertiary alicyclic amines) is 1. The number of urea groups is 1. The first kappa shape index (κ1) is 15.5. The van der Waals surface area contributed by atoms with Gasteiger partial charge >= 0.3 is 6.03 Å². The summed E-state index contributed by atoms with van der Waals surface area (Å²) in [5.74, 6) is 1.54. The molecule has 1 aliphatic heterocycles. The van der Waals surface area contributed by atoms with Gasteiger partial charge in [0.15, 0.2) is 0 Å². The van der Waals surface area contributed by atoms with Crippen molar-refractivity contribution in [1.29, 1.82) is 0 Å². The molecule has 2 amide bonds. The molecule has 2 heterocycles. The Morgan fingerprint density at radius 2 is 2.04 bits per heavy atom. The van der Waals surface area contributed by atoms with Crippen LogP contribution in [0.15, 0.2) is 28.8 Å². The van der Waals surface area contributed by atoms with Crippen LogP contribution in [0.1, 0.15) is 30.2 Å². The van der Waals surface area contributed by atoms with Gasteiger partial charge in [-0.2, -0.15) is 4.98 Å². The van der Waals surface area contributed by atoms with E-state index in [2.05, 4.69) is 10.1 Å². The first-order valence-corrected chi connectivity index (χ1v) is 7.91. The minimum Gasteiger partial charge on any atom is -0.339 e. The number of carbonyl (C=O) groups excluding carboxylic acids is 1. The number of hydrogen-bond donors (Lipinski definition) is 0. The van der Waals surface area contributed by atoms with E-state index in [-0.39, 0.29) is 11.9 Å². The molecule has 0 saturated carbocycles. The number of rotatable bonds is 2. The Hall–Kier alpha value is -2.37. The average Bonchev–Trinajstić information content (AvgIpc) is 3.04. The van der Waals surface area contributed by atoms with E-state index in [1.807, 2.05) is 36.1 Å². The third kappa shape index (κ3) is 3.36. The zero-order valence-electron chi connectivity index (χ0n) is 13.8. The van der Waals surface area contributed by atoms with Gasteiger partial charge in [-0.1, -0.05) is 28.9 Å². The Labute approximate surface area is 136 Å². The largest absolute Gasteiger partial charge is 0.339 e. The highest BCUT2D eigenvalue weighted by Crippen LogP contribution is 2.28. The van der Waals surface area contributed by atoms with Crippen molar-refractivity contribution in [1.82, 2.24) is 19.9 Å². The molecule has 23 heavy (non-hydrogen) atoms. The second kappa shape index (κ2) is 6.40. The average molecular weight is 314 g/mol.